The van der Waals surface area contributed by atoms with Crippen molar-refractivity contribution < 1.29 is 14.3 Å². The maximum Gasteiger partial charge on any atom is 0.410 e. The fourth-order valence-electron chi connectivity index (χ4n) is 2.75. The number of rotatable bonds is 2. The average molecular weight is 338 g/mol. The summed E-state index contributed by atoms with van der Waals surface area (Å²) in [5, 5.41) is 2.64. The molecule has 0 aliphatic carbocycles. The first-order chi connectivity index (χ1) is 10.7. The van der Waals surface area contributed by atoms with Gasteiger partial charge in [0.05, 0.1) is 10.9 Å². The van der Waals surface area contributed by atoms with Crippen LogP contribution in [0.25, 0.3) is 0 Å². The van der Waals surface area contributed by atoms with Crippen molar-refractivity contribution in [2.45, 2.75) is 52.2 Å². The Hall–Kier alpha value is -1.56. The topological polar surface area (TPSA) is 58.6 Å². The van der Waals surface area contributed by atoms with Crippen LogP contribution in [0.3, 0.4) is 0 Å². The summed E-state index contributed by atoms with van der Waals surface area (Å²) in [6.45, 7) is 8.47. The van der Waals surface area contributed by atoms with Crippen molar-refractivity contribution in [1.82, 2.24) is 10.2 Å². The Bertz CT molecular complexity index is 577. The van der Waals surface area contributed by atoms with E-state index in [9.17, 15) is 9.59 Å². The molecule has 6 heteroatoms. The summed E-state index contributed by atoms with van der Waals surface area (Å²) in [5.41, 5.74) is -0.509. The maximum absolute atomic E-state index is 12.6. The van der Waals surface area contributed by atoms with Gasteiger partial charge in [0, 0.05) is 18.5 Å². The molecule has 128 valence electrons. The molecule has 0 spiro atoms. The smallest absolute Gasteiger partial charge is 0.410 e. The highest BCUT2D eigenvalue weighted by Crippen LogP contribution is 2.37. The lowest BCUT2D eigenvalue weighted by molar-refractivity contribution is 0.00411. The molecule has 2 atom stereocenters. The zero-order valence-corrected chi connectivity index (χ0v) is 15.3. The third kappa shape index (κ3) is 4.47. The largest absolute Gasteiger partial charge is 0.444 e. The Balaban J connectivity index is 2.21. The zero-order valence-electron chi connectivity index (χ0n) is 14.5. The van der Waals surface area contributed by atoms with Gasteiger partial charge in [-0.1, -0.05) is 6.92 Å². The molecule has 0 saturated carbocycles. The molecule has 0 bridgehead atoms. The molecule has 0 aromatic carbocycles. The van der Waals surface area contributed by atoms with Crippen molar-refractivity contribution in [1.29, 1.82) is 0 Å². The third-order valence-electron chi connectivity index (χ3n) is 3.85. The number of ether oxygens (including phenoxy) is 1. The van der Waals surface area contributed by atoms with Crippen molar-refractivity contribution >= 4 is 23.3 Å². The minimum Gasteiger partial charge on any atom is -0.444 e. The van der Waals surface area contributed by atoms with Crippen LogP contribution < -0.4 is 5.32 Å². The summed E-state index contributed by atoms with van der Waals surface area (Å²) in [4.78, 5) is 27.9. The second-order valence-electron chi connectivity index (χ2n) is 7.11. The zero-order chi connectivity index (χ0) is 17.2. The second-order valence-corrected chi connectivity index (χ2v) is 8.23. The van der Waals surface area contributed by atoms with Crippen LogP contribution >= 0.6 is 11.3 Å². The normalized spacial score (nSPS) is 21.9. The Morgan fingerprint density at radius 2 is 2.00 bits per heavy atom. The van der Waals surface area contributed by atoms with Gasteiger partial charge in [-0.3, -0.25) is 4.79 Å². The number of nitrogens with one attached hydrogen (secondary N) is 1. The monoisotopic (exact) mass is 338 g/mol. The van der Waals surface area contributed by atoms with E-state index in [0.29, 0.717) is 17.3 Å². The van der Waals surface area contributed by atoms with E-state index in [1.807, 2.05) is 37.8 Å². The van der Waals surface area contributed by atoms with Crippen LogP contribution in [-0.4, -0.2) is 36.1 Å². The Morgan fingerprint density at radius 1 is 1.30 bits per heavy atom. The highest BCUT2D eigenvalue weighted by atomic mass is 32.1. The lowest BCUT2D eigenvalue weighted by Crippen LogP contribution is -2.44. The molecule has 23 heavy (non-hydrogen) atoms. The summed E-state index contributed by atoms with van der Waals surface area (Å²) in [6.07, 6.45) is 1.69. The van der Waals surface area contributed by atoms with Crippen LogP contribution in [-0.2, 0) is 4.74 Å². The van der Waals surface area contributed by atoms with Crippen molar-refractivity contribution in [3.05, 3.63) is 21.9 Å². The van der Waals surface area contributed by atoms with E-state index in [1.54, 1.807) is 7.05 Å². The first-order valence-corrected chi connectivity index (χ1v) is 8.84. The molecule has 1 fully saturated rings. The number of nitrogens with zero attached hydrogens (tertiary/aromatic N) is 1. The second kappa shape index (κ2) is 6.91. The molecule has 2 amide bonds. The minimum atomic E-state index is -0.509. The molecule has 5 nitrogen and oxygen atoms in total. The summed E-state index contributed by atoms with van der Waals surface area (Å²) in [7, 11) is 1.62. The van der Waals surface area contributed by atoms with Gasteiger partial charge in [-0.2, -0.15) is 0 Å². The Kier molecular flexibility index (Phi) is 5.34. The van der Waals surface area contributed by atoms with E-state index in [4.69, 9.17) is 4.74 Å². The van der Waals surface area contributed by atoms with Gasteiger partial charge in [-0.15, -0.1) is 11.3 Å². The Labute approximate surface area is 142 Å². The van der Waals surface area contributed by atoms with Crippen molar-refractivity contribution in [3.63, 3.8) is 0 Å². The summed E-state index contributed by atoms with van der Waals surface area (Å²) >= 11 is 1.45. The summed E-state index contributed by atoms with van der Waals surface area (Å²) < 4.78 is 5.57. The highest BCUT2D eigenvalue weighted by molar-refractivity contribution is 7.14. The van der Waals surface area contributed by atoms with E-state index in [-0.39, 0.29) is 18.0 Å². The molecular weight excluding hydrogens is 312 g/mol. The number of carbonyl (C=O) groups is 2. The van der Waals surface area contributed by atoms with Gasteiger partial charge < -0.3 is 15.0 Å². The fourth-order valence-corrected chi connectivity index (χ4v) is 3.85. The molecule has 1 aromatic rings. The van der Waals surface area contributed by atoms with E-state index in [1.165, 1.54) is 11.3 Å². The van der Waals surface area contributed by atoms with Crippen LogP contribution in [0.5, 0.6) is 0 Å². The maximum atomic E-state index is 12.6. The predicted octanol–water partition coefficient (Wildman–Crippen LogP) is 3.82. The number of hydrogen-bond acceptors (Lipinski definition) is 4. The SMILES string of the molecule is CNC(=O)c1ccc([C@@H]2CC[C@@H](C)CN2C(=O)OC(C)(C)C)s1. The van der Waals surface area contributed by atoms with Gasteiger partial charge in [0.2, 0.25) is 0 Å². The van der Waals surface area contributed by atoms with Crippen molar-refractivity contribution in [3.8, 4) is 0 Å². The lowest BCUT2D eigenvalue weighted by Gasteiger charge is -2.38. The summed E-state index contributed by atoms with van der Waals surface area (Å²) in [5.74, 6) is 0.367. The number of hydrogen-bond donors (Lipinski definition) is 1. The lowest BCUT2D eigenvalue weighted by atomic mass is 9.93. The predicted molar refractivity (Wildman–Crippen MR) is 91.8 cm³/mol. The molecule has 1 aliphatic rings. The van der Waals surface area contributed by atoms with Gasteiger partial charge in [0.1, 0.15) is 5.60 Å². The van der Waals surface area contributed by atoms with Gasteiger partial charge >= 0.3 is 6.09 Å². The Morgan fingerprint density at radius 3 is 2.61 bits per heavy atom. The summed E-state index contributed by atoms with van der Waals surface area (Å²) in [6, 6.07) is 3.77. The first-order valence-electron chi connectivity index (χ1n) is 8.02. The van der Waals surface area contributed by atoms with Gasteiger partial charge in [0.25, 0.3) is 5.91 Å². The van der Waals surface area contributed by atoms with E-state index < -0.39 is 5.60 Å². The van der Waals surface area contributed by atoms with Crippen LogP contribution in [0.15, 0.2) is 12.1 Å². The molecule has 1 N–H and O–H groups in total. The molecule has 1 saturated heterocycles. The fraction of sp³-hybridized carbons (Fsp3) is 0.647. The van der Waals surface area contributed by atoms with Crippen LogP contribution in [0.4, 0.5) is 4.79 Å². The molecule has 0 unspecified atom stereocenters. The van der Waals surface area contributed by atoms with Gasteiger partial charge in [-0.25, -0.2) is 4.79 Å². The number of piperidine rings is 1. The highest BCUT2D eigenvalue weighted by Gasteiger charge is 2.34. The van der Waals surface area contributed by atoms with Gasteiger partial charge in [0.15, 0.2) is 0 Å². The van der Waals surface area contributed by atoms with Crippen LogP contribution in [0, 0.1) is 5.92 Å². The van der Waals surface area contributed by atoms with Crippen molar-refractivity contribution in [2.75, 3.05) is 13.6 Å². The first kappa shape index (κ1) is 17.8. The minimum absolute atomic E-state index is 0.00976. The van der Waals surface area contributed by atoms with E-state index >= 15 is 0 Å². The standard InChI is InChI=1S/C17H26N2O3S/c1-11-6-7-12(13-8-9-14(23-13)15(20)18-5)19(10-11)16(21)22-17(2,3)4/h8-9,11-12H,6-7,10H2,1-5H3,(H,18,20)/t11-,12+/m1/s1. The molecule has 1 aromatic heterocycles. The molecule has 2 heterocycles. The van der Waals surface area contributed by atoms with Gasteiger partial charge in [-0.05, 0) is 51.7 Å². The quantitative estimate of drug-likeness (QED) is 0.892. The van der Waals surface area contributed by atoms with Crippen LogP contribution in [0.1, 0.15) is 61.1 Å². The number of amides is 2. The number of carbonyl (C=O) groups excluding carboxylic acids is 2. The molecule has 2 rings (SSSR count). The number of thiophene rings is 1. The van der Waals surface area contributed by atoms with Crippen molar-refractivity contribution in [2.24, 2.45) is 5.92 Å². The van der Waals surface area contributed by atoms with E-state index in [2.05, 4.69) is 12.2 Å². The third-order valence-corrected chi connectivity index (χ3v) is 5.04. The average Bonchev–Trinajstić information content (AvgIpc) is 2.94. The number of likely N-dealkylation sites (tertiary alicyclic amines) is 1. The molecule has 1 aliphatic heterocycles. The molecular formula is C17H26N2O3S. The van der Waals surface area contributed by atoms with Crippen LogP contribution in [0.2, 0.25) is 0 Å². The molecule has 0 radical (unpaired) electrons. The van der Waals surface area contributed by atoms with E-state index in [0.717, 1.165) is 17.7 Å².